The Morgan fingerprint density at radius 1 is 1.11 bits per heavy atom. The molecule has 0 unspecified atom stereocenters. The third kappa shape index (κ3) is 5.28. The number of benzene rings is 2. The summed E-state index contributed by atoms with van der Waals surface area (Å²) in [5.74, 6) is 0.00917. The van der Waals surface area contributed by atoms with Crippen molar-refractivity contribution in [2.45, 2.75) is 6.92 Å². The van der Waals surface area contributed by atoms with Crippen molar-refractivity contribution in [1.82, 2.24) is 4.90 Å². The lowest BCUT2D eigenvalue weighted by molar-refractivity contribution is 0.0415. The van der Waals surface area contributed by atoms with Gasteiger partial charge in [-0.15, -0.1) is 0 Å². The summed E-state index contributed by atoms with van der Waals surface area (Å²) in [7, 11) is 0. The molecule has 0 atom stereocenters. The van der Waals surface area contributed by atoms with E-state index in [9.17, 15) is 9.59 Å². The molecule has 1 amide bonds. The largest absolute Gasteiger partial charge is 0.415 e. The number of morpholine rings is 1. The number of allylic oxidation sites excluding steroid dienone is 1. The number of carbonyl (C=O) groups excluding carboxylic acids is 2. The Labute approximate surface area is 166 Å². The van der Waals surface area contributed by atoms with Gasteiger partial charge in [-0.1, -0.05) is 51.8 Å². The minimum atomic E-state index is -0.475. The molecule has 2 aromatic carbocycles. The first-order valence-electron chi connectivity index (χ1n) is 8.66. The maximum atomic E-state index is 12.7. The van der Waals surface area contributed by atoms with E-state index in [1.165, 1.54) is 6.08 Å². The van der Waals surface area contributed by atoms with Gasteiger partial charge in [0.2, 0.25) is 0 Å². The standard InChI is InChI=1S/C21H20BrNO4/c1-15-2-4-16(5-3-15)6-8-19(24)18-14-17(22)7-9-20(18)27-21(25)23-10-12-26-13-11-23/h2-9,14H,10-13H2,1H3. The number of halogens is 1. The van der Waals surface area contributed by atoms with Gasteiger partial charge in [-0.3, -0.25) is 4.79 Å². The lowest BCUT2D eigenvalue weighted by atomic mass is 10.1. The highest BCUT2D eigenvalue weighted by atomic mass is 79.9. The van der Waals surface area contributed by atoms with Crippen LogP contribution in [-0.4, -0.2) is 43.1 Å². The fourth-order valence-corrected chi connectivity index (χ4v) is 2.99. The quantitative estimate of drug-likeness (QED) is 0.530. The first-order chi connectivity index (χ1) is 13.0. The third-order valence-corrected chi connectivity index (χ3v) is 4.67. The molecule has 3 rings (SSSR count). The van der Waals surface area contributed by atoms with Crippen LogP contribution in [0.15, 0.2) is 53.0 Å². The number of amides is 1. The molecule has 0 radical (unpaired) electrons. The molecule has 0 saturated carbocycles. The van der Waals surface area contributed by atoms with Crippen LogP contribution in [0.5, 0.6) is 5.75 Å². The Morgan fingerprint density at radius 3 is 2.52 bits per heavy atom. The molecule has 1 heterocycles. The van der Waals surface area contributed by atoms with E-state index < -0.39 is 6.09 Å². The predicted octanol–water partition coefficient (Wildman–Crippen LogP) is 4.48. The summed E-state index contributed by atoms with van der Waals surface area (Å²) in [5.41, 5.74) is 2.41. The van der Waals surface area contributed by atoms with Crippen LogP contribution in [0.3, 0.4) is 0 Å². The van der Waals surface area contributed by atoms with E-state index in [2.05, 4.69) is 15.9 Å². The van der Waals surface area contributed by atoms with E-state index >= 15 is 0 Å². The lowest BCUT2D eigenvalue weighted by Gasteiger charge is -2.26. The van der Waals surface area contributed by atoms with Crippen molar-refractivity contribution in [3.05, 3.63) is 69.7 Å². The van der Waals surface area contributed by atoms with E-state index in [1.807, 2.05) is 31.2 Å². The van der Waals surface area contributed by atoms with E-state index in [-0.39, 0.29) is 11.5 Å². The Kier molecular flexibility index (Phi) is 6.42. The van der Waals surface area contributed by atoms with Crippen molar-refractivity contribution in [1.29, 1.82) is 0 Å². The topological polar surface area (TPSA) is 55.8 Å². The van der Waals surface area contributed by atoms with Crippen LogP contribution in [0.1, 0.15) is 21.5 Å². The minimum absolute atomic E-state index is 0.235. The maximum Gasteiger partial charge on any atom is 0.415 e. The molecule has 0 aliphatic carbocycles. The normalized spacial score (nSPS) is 14.4. The van der Waals surface area contributed by atoms with Crippen molar-refractivity contribution in [3.8, 4) is 5.75 Å². The molecule has 140 valence electrons. The van der Waals surface area contributed by atoms with Gasteiger partial charge in [-0.2, -0.15) is 0 Å². The van der Waals surface area contributed by atoms with Crippen LogP contribution in [0.2, 0.25) is 0 Å². The highest BCUT2D eigenvalue weighted by molar-refractivity contribution is 9.10. The highest BCUT2D eigenvalue weighted by Crippen LogP contribution is 2.25. The molecule has 1 aliphatic rings. The maximum absolute atomic E-state index is 12.7. The highest BCUT2D eigenvalue weighted by Gasteiger charge is 2.21. The Hall–Kier alpha value is -2.44. The van der Waals surface area contributed by atoms with Crippen molar-refractivity contribution in [3.63, 3.8) is 0 Å². The third-order valence-electron chi connectivity index (χ3n) is 4.18. The van der Waals surface area contributed by atoms with Crippen LogP contribution < -0.4 is 4.74 Å². The summed E-state index contributed by atoms with van der Waals surface area (Å²) in [6, 6.07) is 12.9. The van der Waals surface area contributed by atoms with Crippen molar-refractivity contribution >= 4 is 33.9 Å². The molecule has 1 saturated heterocycles. The molecule has 2 aromatic rings. The van der Waals surface area contributed by atoms with Gasteiger partial charge in [0, 0.05) is 17.6 Å². The fraction of sp³-hybridized carbons (Fsp3) is 0.238. The second-order valence-corrected chi connectivity index (χ2v) is 7.13. The molecule has 5 nitrogen and oxygen atoms in total. The monoisotopic (exact) mass is 429 g/mol. The summed E-state index contributed by atoms with van der Waals surface area (Å²) in [6.45, 7) is 3.94. The molecule has 0 N–H and O–H groups in total. The Balaban J connectivity index is 1.77. The Morgan fingerprint density at radius 2 is 1.81 bits per heavy atom. The number of rotatable bonds is 4. The van der Waals surface area contributed by atoms with Crippen molar-refractivity contribution in [2.75, 3.05) is 26.3 Å². The zero-order valence-electron chi connectivity index (χ0n) is 15.0. The first-order valence-corrected chi connectivity index (χ1v) is 9.45. The Bertz CT molecular complexity index is 855. The summed E-state index contributed by atoms with van der Waals surface area (Å²) in [5, 5.41) is 0. The van der Waals surface area contributed by atoms with Crippen LogP contribution in [0.4, 0.5) is 4.79 Å². The van der Waals surface area contributed by atoms with Gasteiger partial charge in [-0.25, -0.2) is 4.79 Å². The number of nitrogens with zero attached hydrogens (tertiary/aromatic N) is 1. The molecule has 1 fully saturated rings. The number of hydrogen-bond acceptors (Lipinski definition) is 4. The summed E-state index contributed by atoms with van der Waals surface area (Å²) >= 11 is 3.37. The zero-order chi connectivity index (χ0) is 19.2. The molecule has 1 aliphatic heterocycles. The number of hydrogen-bond donors (Lipinski definition) is 0. The average Bonchev–Trinajstić information content (AvgIpc) is 2.69. The summed E-state index contributed by atoms with van der Waals surface area (Å²) in [6.07, 6.45) is 2.76. The number of ether oxygens (including phenoxy) is 2. The van der Waals surface area contributed by atoms with Crippen LogP contribution in [-0.2, 0) is 4.74 Å². The van der Waals surface area contributed by atoms with Gasteiger partial charge in [0.05, 0.1) is 18.8 Å². The lowest BCUT2D eigenvalue weighted by Crippen LogP contribution is -2.42. The van der Waals surface area contributed by atoms with Gasteiger partial charge in [0.15, 0.2) is 5.78 Å². The van der Waals surface area contributed by atoms with Gasteiger partial charge in [-0.05, 0) is 36.8 Å². The minimum Gasteiger partial charge on any atom is -0.409 e. The van der Waals surface area contributed by atoms with Gasteiger partial charge in [0.25, 0.3) is 0 Å². The van der Waals surface area contributed by atoms with Gasteiger partial charge >= 0.3 is 6.09 Å². The van der Waals surface area contributed by atoms with E-state index in [0.717, 1.165) is 15.6 Å². The smallest absolute Gasteiger partial charge is 0.409 e. The van der Waals surface area contributed by atoms with E-state index in [1.54, 1.807) is 29.2 Å². The van der Waals surface area contributed by atoms with E-state index in [0.29, 0.717) is 31.9 Å². The van der Waals surface area contributed by atoms with Crippen LogP contribution >= 0.6 is 15.9 Å². The average molecular weight is 430 g/mol. The number of aryl methyl sites for hydroxylation is 1. The predicted molar refractivity (Wildman–Crippen MR) is 107 cm³/mol. The molecule has 0 spiro atoms. The SMILES string of the molecule is Cc1ccc(C=CC(=O)c2cc(Br)ccc2OC(=O)N2CCOCC2)cc1. The second-order valence-electron chi connectivity index (χ2n) is 6.22. The van der Waals surface area contributed by atoms with Gasteiger partial charge in [0.1, 0.15) is 5.75 Å². The molecule has 27 heavy (non-hydrogen) atoms. The van der Waals surface area contributed by atoms with Crippen molar-refractivity contribution < 1.29 is 19.1 Å². The zero-order valence-corrected chi connectivity index (χ0v) is 16.6. The summed E-state index contributed by atoms with van der Waals surface area (Å²) < 4.78 is 11.5. The fourth-order valence-electron chi connectivity index (χ4n) is 2.63. The van der Waals surface area contributed by atoms with Crippen molar-refractivity contribution in [2.24, 2.45) is 0 Å². The molecular formula is C21H20BrNO4. The molecule has 6 heteroatoms. The number of carbonyl (C=O) groups is 2. The first kappa shape index (κ1) is 19.3. The van der Waals surface area contributed by atoms with Gasteiger partial charge < -0.3 is 14.4 Å². The van der Waals surface area contributed by atoms with Crippen LogP contribution in [0.25, 0.3) is 6.08 Å². The molecule has 0 bridgehead atoms. The summed E-state index contributed by atoms with van der Waals surface area (Å²) in [4.78, 5) is 26.6. The van der Waals surface area contributed by atoms with E-state index in [4.69, 9.17) is 9.47 Å². The molecular weight excluding hydrogens is 410 g/mol. The van der Waals surface area contributed by atoms with Crippen LogP contribution in [0, 0.1) is 6.92 Å². The second kappa shape index (κ2) is 8.97. The number of ketones is 1. The molecule has 0 aromatic heterocycles.